The molecule has 0 saturated carbocycles. The molecule has 3 radical (unpaired) electrons. The molecule has 0 spiro atoms. The van der Waals surface area contributed by atoms with Gasteiger partial charge >= 0.3 is 88.0 Å². The van der Waals surface area contributed by atoms with Crippen molar-refractivity contribution in [3.8, 4) is 0 Å². The van der Waals surface area contributed by atoms with Crippen LogP contribution in [0.3, 0.4) is 0 Å². The van der Waals surface area contributed by atoms with E-state index in [1.54, 1.807) is 6.08 Å². The number of carbonyl (C=O) groups is 1. The summed E-state index contributed by atoms with van der Waals surface area (Å²) in [4.78, 5) is 11.3. The molecule has 0 unspecified atom stereocenters. The zero-order valence-corrected chi connectivity index (χ0v) is 10.9. The molecule has 0 fully saturated rings. The quantitative estimate of drug-likeness (QED) is 0.444. The molecule has 0 aliphatic heterocycles. The molecule has 2 nitrogen and oxygen atoms in total. The fourth-order valence-corrected chi connectivity index (χ4v) is 1.46. The molecule has 0 bridgehead atoms. The Bertz CT molecular complexity index is 183. The Labute approximate surface area is 88.0 Å². The maximum absolute atomic E-state index is 11.3. The first-order valence-corrected chi connectivity index (χ1v) is 5.24. The molecule has 0 aromatic heterocycles. The fourth-order valence-electron chi connectivity index (χ4n) is 0.621. The molecule has 0 atom stereocenters. The van der Waals surface area contributed by atoms with Gasteiger partial charge in [0.25, 0.3) is 0 Å². The molecule has 0 amide bonds. The van der Waals surface area contributed by atoms with E-state index >= 15 is 0 Å². The second kappa shape index (κ2) is 5.62. The normalized spacial score (nSPS) is 12.4. The second-order valence-corrected chi connectivity index (χ2v) is 3.94. The van der Waals surface area contributed by atoms with Crippen molar-refractivity contribution >= 4 is 28.7 Å². The predicted octanol–water partition coefficient (Wildman–Crippen LogP) is 1.85. The Balaban J connectivity index is 4.38. The average Bonchev–Trinajstić information content (AvgIpc) is 1.98. The summed E-state index contributed by atoms with van der Waals surface area (Å²) in [5.41, 5.74) is 0. The third-order valence-electron chi connectivity index (χ3n) is 1.54. The topological polar surface area (TPSA) is 26.3 Å². The summed E-state index contributed by atoms with van der Waals surface area (Å²) < 4.78 is 5.16. The van der Waals surface area contributed by atoms with Crippen LogP contribution in [0.1, 0.15) is 27.7 Å². The Morgan fingerprint density at radius 2 is 1.75 bits per heavy atom. The van der Waals surface area contributed by atoms with Crippen molar-refractivity contribution in [3.05, 3.63) is 11.8 Å². The van der Waals surface area contributed by atoms with E-state index in [1.807, 2.05) is 27.7 Å². The molecule has 0 aromatic carbocycles. The summed E-state index contributed by atoms with van der Waals surface area (Å²) >= 11 is 0.984. The first-order chi connectivity index (χ1) is 5.49. The van der Waals surface area contributed by atoms with Gasteiger partial charge in [-0.3, -0.25) is 0 Å². The molecule has 0 aromatic rings. The Hall–Kier alpha value is 0.00870. The zero-order chi connectivity index (χ0) is 9.72. The second-order valence-electron chi connectivity index (χ2n) is 3.36. The van der Waals surface area contributed by atoms with Crippen molar-refractivity contribution in [1.29, 1.82) is 0 Å². The van der Waals surface area contributed by atoms with E-state index in [-0.39, 0.29) is 11.7 Å². The van der Waals surface area contributed by atoms with Crippen molar-refractivity contribution in [2.45, 2.75) is 27.7 Å². The van der Waals surface area contributed by atoms with E-state index in [1.165, 1.54) is 0 Å². The van der Waals surface area contributed by atoms with E-state index in [0.717, 1.165) is 28.7 Å². The number of carbonyl (C=O) groups excluding carboxylic acids is 1. The molecule has 0 saturated heterocycles. The van der Waals surface area contributed by atoms with Crippen LogP contribution in [0.2, 0.25) is 0 Å². The van der Waals surface area contributed by atoms with Gasteiger partial charge in [0.1, 0.15) is 0 Å². The Kier molecular flexibility index (Phi) is 5.62. The predicted molar refractivity (Wildman–Crippen MR) is 49.6 cm³/mol. The van der Waals surface area contributed by atoms with Gasteiger partial charge in [-0.05, 0) is 0 Å². The van der Waals surface area contributed by atoms with E-state index in [0.29, 0.717) is 5.92 Å². The molecule has 0 rings (SSSR count). The third-order valence-corrected chi connectivity index (χ3v) is 2.21. The Morgan fingerprint density at radius 1 is 1.25 bits per heavy atom. The van der Waals surface area contributed by atoms with E-state index in [2.05, 4.69) is 0 Å². The van der Waals surface area contributed by atoms with E-state index in [4.69, 9.17) is 3.07 Å². The van der Waals surface area contributed by atoms with Gasteiger partial charge in [-0.15, -0.1) is 0 Å². The molecule has 12 heavy (non-hydrogen) atoms. The van der Waals surface area contributed by atoms with Crippen LogP contribution >= 0.6 is 0 Å². The number of hydrogen-bond acceptors (Lipinski definition) is 2. The van der Waals surface area contributed by atoms with Crippen LogP contribution in [-0.4, -0.2) is 28.7 Å². The first-order valence-electron chi connectivity index (χ1n) is 4.08. The molecule has 0 heterocycles. The monoisotopic (exact) mass is 275 g/mol. The summed E-state index contributed by atoms with van der Waals surface area (Å²) in [5.74, 6) is 1.30. The fraction of sp³-hybridized carbons (Fsp3) is 0.667. The van der Waals surface area contributed by atoms with Crippen molar-refractivity contribution in [1.82, 2.24) is 0 Å². The number of ketones is 1. The minimum absolute atomic E-state index is 0.0599. The van der Waals surface area contributed by atoms with Crippen LogP contribution < -0.4 is 0 Å². The van der Waals surface area contributed by atoms with Crippen LogP contribution in [0, 0.1) is 11.8 Å². The van der Waals surface area contributed by atoms with Crippen LogP contribution in [0.5, 0.6) is 0 Å². The van der Waals surface area contributed by atoms with Crippen molar-refractivity contribution in [2.75, 3.05) is 0 Å². The van der Waals surface area contributed by atoms with Crippen molar-refractivity contribution in [3.63, 3.8) is 0 Å². The first kappa shape index (κ1) is 12.0. The molecule has 0 N–H and O–H groups in total. The van der Waals surface area contributed by atoms with Gasteiger partial charge in [0.15, 0.2) is 0 Å². The summed E-state index contributed by atoms with van der Waals surface area (Å²) in [5, 5.41) is 0. The van der Waals surface area contributed by atoms with Crippen LogP contribution in [0.15, 0.2) is 11.8 Å². The molecule has 0 aliphatic carbocycles. The molecular weight excluding hydrogens is 259 g/mol. The van der Waals surface area contributed by atoms with Gasteiger partial charge in [0.2, 0.25) is 0 Å². The zero-order valence-electron chi connectivity index (χ0n) is 8.05. The van der Waals surface area contributed by atoms with Crippen LogP contribution in [0.25, 0.3) is 0 Å². The average molecular weight is 274 g/mol. The summed E-state index contributed by atoms with van der Waals surface area (Å²) in [6.45, 7) is 7.81. The molecule has 0 aliphatic rings. The summed E-state index contributed by atoms with van der Waals surface area (Å²) in [6.07, 6.45) is 1.62. The Morgan fingerprint density at radius 3 is 2.00 bits per heavy atom. The number of allylic oxidation sites excluding steroid dienone is 2. The summed E-state index contributed by atoms with van der Waals surface area (Å²) in [6, 6.07) is 0. The van der Waals surface area contributed by atoms with Gasteiger partial charge in [0.05, 0.1) is 0 Å². The van der Waals surface area contributed by atoms with Crippen molar-refractivity contribution in [2.24, 2.45) is 11.8 Å². The molecule has 67 valence electrons. The molecule has 3 heteroatoms. The van der Waals surface area contributed by atoms with Crippen molar-refractivity contribution < 1.29 is 7.87 Å². The van der Waals surface area contributed by atoms with Gasteiger partial charge in [-0.2, -0.15) is 0 Å². The van der Waals surface area contributed by atoms with Gasteiger partial charge in [-0.25, -0.2) is 0 Å². The SMILES string of the molecule is CC(C)C(=O)/C=C(\[O][Sn])C(C)C. The minimum atomic E-state index is 0.0599. The van der Waals surface area contributed by atoms with Gasteiger partial charge < -0.3 is 0 Å². The number of rotatable bonds is 4. The summed E-state index contributed by atoms with van der Waals surface area (Å²) in [7, 11) is 0. The van der Waals surface area contributed by atoms with E-state index < -0.39 is 0 Å². The standard InChI is InChI=1S/C9H16O2.Sn/c1-6(2)8(10)5-9(11)7(3)4;/h5-7,10H,1-4H3;/q;+1/p-1/b8-5-;. The molecular formula is C9H15O2Sn. The van der Waals surface area contributed by atoms with Crippen LogP contribution in [0.4, 0.5) is 0 Å². The van der Waals surface area contributed by atoms with Gasteiger partial charge in [0, 0.05) is 0 Å². The number of hydrogen-bond donors (Lipinski definition) is 0. The van der Waals surface area contributed by atoms with Crippen LogP contribution in [-0.2, 0) is 7.87 Å². The van der Waals surface area contributed by atoms with E-state index in [9.17, 15) is 4.79 Å². The van der Waals surface area contributed by atoms with Gasteiger partial charge in [-0.1, -0.05) is 0 Å². The third kappa shape index (κ3) is 4.14. The maximum atomic E-state index is 11.3.